The number of likely N-dealkylation sites (tertiary alicyclic amines) is 1. The summed E-state index contributed by atoms with van der Waals surface area (Å²) in [6, 6.07) is 7.21. The lowest BCUT2D eigenvalue weighted by Crippen LogP contribution is -2.61. The van der Waals surface area contributed by atoms with Crippen LogP contribution in [0.25, 0.3) is 0 Å². The molecule has 3 fully saturated rings. The molecule has 1 heterocycles. The number of rotatable bonds is 2. The second-order valence-electron chi connectivity index (χ2n) is 9.62. The molecule has 1 amide bonds. The first-order chi connectivity index (χ1) is 11.9. The van der Waals surface area contributed by atoms with E-state index in [4.69, 9.17) is 0 Å². The van der Waals surface area contributed by atoms with Gasteiger partial charge in [0.2, 0.25) is 5.91 Å². The van der Waals surface area contributed by atoms with Crippen LogP contribution in [0.15, 0.2) is 18.2 Å². The Morgan fingerprint density at radius 3 is 2.68 bits per heavy atom. The summed E-state index contributed by atoms with van der Waals surface area (Å²) in [5, 5.41) is 9.87. The van der Waals surface area contributed by atoms with Crippen molar-refractivity contribution in [1.82, 2.24) is 4.90 Å². The second-order valence-corrected chi connectivity index (χ2v) is 9.62. The fourth-order valence-corrected chi connectivity index (χ4v) is 5.98. The number of benzene rings is 1. The van der Waals surface area contributed by atoms with Crippen molar-refractivity contribution in [2.24, 2.45) is 11.3 Å². The minimum atomic E-state index is -0.602. The molecule has 1 atom stereocenters. The highest BCUT2D eigenvalue weighted by molar-refractivity contribution is 5.81. The lowest BCUT2D eigenvalue weighted by atomic mass is 9.69. The van der Waals surface area contributed by atoms with Gasteiger partial charge in [0, 0.05) is 24.4 Å². The summed E-state index contributed by atoms with van der Waals surface area (Å²) < 4.78 is 0. The van der Waals surface area contributed by atoms with Crippen molar-refractivity contribution < 1.29 is 9.90 Å². The minimum Gasteiger partial charge on any atom is -0.390 e. The van der Waals surface area contributed by atoms with Crippen molar-refractivity contribution in [1.29, 1.82) is 0 Å². The van der Waals surface area contributed by atoms with Gasteiger partial charge >= 0.3 is 0 Å². The van der Waals surface area contributed by atoms with E-state index in [1.807, 2.05) is 6.92 Å². The molecule has 1 aliphatic heterocycles. The number of aryl methyl sites for hydroxylation is 2. The van der Waals surface area contributed by atoms with E-state index in [9.17, 15) is 9.90 Å². The minimum absolute atomic E-state index is 0.0706. The average Bonchev–Trinajstić information content (AvgIpc) is 3.16. The number of hydrogen-bond acceptors (Lipinski definition) is 2. The van der Waals surface area contributed by atoms with Gasteiger partial charge in [-0.15, -0.1) is 0 Å². The summed E-state index contributed by atoms with van der Waals surface area (Å²) in [6.45, 7) is 3.74. The number of aliphatic hydroxyl groups is 1. The molecule has 3 heteroatoms. The van der Waals surface area contributed by atoms with Gasteiger partial charge in [-0.25, -0.2) is 0 Å². The highest BCUT2D eigenvalue weighted by atomic mass is 16.3. The van der Waals surface area contributed by atoms with Crippen molar-refractivity contribution >= 4 is 5.91 Å². The summed E-state index contributed by atoms with van der Waals surface area (Å²) in [5.41, 5.74) is 4.46. The molecule has 1 aromatic rings. The number of hydrogen-bond donors (Lipinski definition) is 1. The summed E-state index contributed by atoms with van der Waals surface area (Å²) in [7, 11) is 0. The molecule has 0 bridgehead atoms. The van der Waals surface area contributed by atoms with Gasteiger partial charge in [0.1, 0.15) is 0 Å². The quantitative estimate of drug-likeness (QED) is 0.897. The summed E-state index contributed by atoms with van der Waals surface area (Å²) in [5.74, 6) is 1.05. The fraction of sp³-hybridized carbons (Fsp3) is 0.682. The van der Waals surface area contributed by atoms with Crippen LogP contribution in [0.2, 0.25) is 0 Å². The molecule has 134 valence electrons. The lowest BCUT2D eigenvalue weighted by molar-refractivity contribution is -0.161. The summed E-state index contributed by atoms with van der Waals surface area (Å²) >= 11 is 0. The predicted molar refractivity (Wildman–Crippen MR) is 97.4 cm³/mol. The molecule has 1 saturated heterocycles. The maximum absolute atomic E-state index is 12.5. The van der Waals surface area contributed by atoms with E-state index in [-0.39, 0.29) is 11.8 Å². The van der Waals surface area contributed by atoms with Crippen LogP contribution in [0.5, 0.6) is 0 Å². The Morgan fingerprint density at radius 2 is 1.92 bits per heavy atom. The van der Waals surface area contributed by atoms with Gasteiger partial charge in [-0.1, -0.05) is 18.2 Å². The zero-order valence-corrected chi connectivity index (χ0v) is 15.3. The molecule has 1 spiro atoms. The molecule has 25 heavy (non-hydrogen) atoms. The smallest absolute Gasteiger partial charge is 0.225 e. The number of amides is 1. The van der Waals surface area contributed by atoms with E-state index in [1.165, 1.54) is 44.1 Å². The van der Waals surface area contributed by atoms with E-state index in [2.05, 4.69) is 23.1 Å². The molecule has 1 N–H and O–H groups in total. The van der Waals surface area contributed by atoms with E-state index in [0.717, 1.165) is 13.1 Å². The topological polar surface area (TPSA) is 40.5 Å². The third kappa shape index (κ3) is 2.63. The highest BCUT2D eigenvalue weighted by Crippen LogP contribution is 2.53. The van der Waals surface area contributed by atoms with E-state index >= 15 is 0 Å². The first-order valence-corrected chi connectivity index (χ1v) is 10.1. The van der Waals surface area contributed by atoms with Gasteiger partial charge in [0.05, 0.1) is 5.60 Å². The van der Waals surface area contributed by atoms with Gasteiger partial charge in [0.25, 0.3) is 0 Å². The molecule has 5 rings (SSSR count). The molecule has 1 unspecified atom stereocenters. The first kappa shape index (κ1) is 15.9. The van der Waals surface area contributed by atoms with Crippen molar-refractivity contribution in [3.05, 3.63) is 34.9 Å². The van der Waals surface area contributed by atoms with E-state index < -0.39 is 5.60 Å². The van der Waals surface area contributed by atoms with Gasteiger partial charge in [-0.3, -0.25) is 4.79 Å². The Bertz CT molecular complexity index is 709. The fourth-order valence-electron chi connectivity index (χ4n) is 5.98. The molecular weight excluding hydrogens is 310 g/mol. The standard InChI is InChI=1S/C22H29NO2/c1-21(25)10-19(11-21)20(24)23-13-22(14-23)8-7-18(12-22)17-6-5-15-3-2-4-16(15)9-17/h5-6,9,18-19,25H,2-4,7-8,10-14H2,1H3. The number of fused-ring (bicyclic) bond motifs is 1. The van der Waals surface area contributed by atoms with Crippen LogP contribution in [-0.2, 0) is 17.6 Å². The van der Waals surface area contributed by atoms with Crippen molar-refractivity contribution in [3.8, 4) is 0 Å². The molecule has 3 nitrogen and oxygen atoms in total. The van der Waals surface area contributed by atoms with E-state index in [0.29, 0.717) is 24.2 Å². The molecular formula is C22H29NO2. The number of carbonyl (C=O) groups is 1. The maximum Gasteiger partial charge on any atom is 0.225 e. The molecule has 3 aliphatic carbocycles. The van der Waals surface area contributed by atoms with Crippen LogP contribution in [0.3, 0.4) is 0 Å². The zero-order valence-electron chi connectivity index (χ0n) is 15.3. The highest BCUT2D eigenvalue weighted by Gasteiger charge is 2.53. The monoisotopic (exact) mass is 339 g/mol. The van der Waals surface area contributed by atoms with Gasteiger partial charge in [-0.05, 0) is 80.9 Å². The van der Waals surface area contributed by atoms with Gasteiger partial charge in [0.15, 0.2) is 0 Å². The van der Waals surface area contributed by atoms with Crippen molar-refractivity contribution in [2.45, 2.75) is 69.8 Å². The van der Waals surface area contributed by atoms with Crippen molar-refractivity contribution in [2.75, 3.05) is 13.1 Å². The first-order valence-electron chi connectivity index (χ1n) is 10.1. The third-order valence-electron chi connectivity index (χ3n) is 7.38. The molecule has 0 radical (unpaired) electrons. The summed E-state index contributed by atoms with van der Waals surface area (Å²) in [6.07, 6.45) is 8.92. The van der Waals surface area contributed by atoms with Crippen LogP contribution in [0.1, 0.15) is 68.1 Å². The normalized spacial score (nSPS) is 35.4. The van der Waals surface area contributed by atoms with Gasteiger partial charge < -0.3 is 10.0 Å². The number of nitrogens with zero attached hydrogens (tertiary/aromatic N) is 1. The van der Waals surface area contributed by atoms with Gasteiger partial charge in [-0.2, -0.15) is 0 Å². The molecule has 0 aromatic heterocycles. The Kier molecular flexibility index (Phi) is 3.38. The zero-order chi connectivity index (χ0) is 17.2. The van der Waals surface area contributed by atoms with Crippen LogP contribution >= 0.6 is 0 Å². The SMILES string of the molecule is CC1(O)CC(C(=O)N2CC3(CCC(c4ccc5c(c4)CCC5)C3)C2)C1. The maximum atomic E-state index is 12.5. The lowest BCUT2D eigenvalue weighted by Gasteiger charge is -2.52. The average molecular weight is 339 g/mol. The Labute approximate surface area is 150 Å². The third-order valence-corrected chi connectivity index (χ3v) is 7.38. The van der Waals surface area contributed by atoms with Crippen LogP contribution in [0, 0.1) is 11.3 Å². The predicted octanol–water partition coefficient (Wildman–Crippen LogP) is 3.43. The molecule has 2 saturated carbocycles. The molecule has 4 aliphatic rings. The largest absolute Gasteiger partial charge is 0.390 e. The second kappa shape index (κ2) is 5.33. The van der Waals surface area contributed by atoms with Crippen LogP contribution in [-0.4, -0.2) is 34.6 Å². The van der Waals surface area contributed by atoms with Crippen molar-refractivity contribution in [3.63, 3.8) is 0 Å². The van der Waals surface area contributed by atoms with Crippen LogP contribution < -0.4 is 0 Å². The summed E-state index contributed by atoms with van der Waals surface area (Å²) in [4.78, 5) is 14.6. The Hall–Kier alpha value is -1.35. The van der Waals surface area contributed by atoms with Crippen LogP contribution in [0.4, 0.5) is 0 Å². The molecule has 1 aromatic carbocycles. The Balaban J connectivity index is 1.20. The van der Waals surface area contributed by atoms with E-state index in [1.54, 1.807) is 11.1 Å². The Morgan fingerprint density at radius 1 is 1.16 bits per heavy atom. The number of carbonyl (C=O) groups excluding carboxylic acids is 1.